The molecule has 1 aliphatic carbocycles. The van der Waals surface area contributed by atoms with Crippen LogP contribution in [-0.2, 0) is 16.1 Å². The fourth-order valence-corrected chi connectivity index (χ4v) is 4.55. The second kappa shape index (κ2) is 10.7. The Morgan fingerprint density at radius 1 is 1.10 bits per heavy atom. The Balaban J connectivity index is 1.18. The smallest absolute Gasteiger partial charge is 0.250 e. The van der Waals surface area contributed by atoms with Gasteiger partial charge in [0.1, 0.15) is 12.4 Å². The summed E-state index contributed by atoms with van der Waals surface area (Å²) in [6.45, 7) is 7.35. The fourth-order valence-electron chi connectivity index (χ4n) is 4.55. The van der Waals surface area contributed by atoms with Crippen LogP contribution in [0.4, 0.5) is 11.5 Å². The summed E-state index contributed by atoms with van der Waals surface area (Å²) in [5.74, 6) is 1.69. The lowest BCUT2D eigenvalue weighted by molar-refractivity contribution is -0.123. The Hall–Kier alpha value is -2.44. The van der Waals surface area contributed by atoms with Crippen LogP contribution < -0.4 is 10.2 Å². The van der Waals surface area contributed by atoms with Gasteiger partial charge in [-0.25, -0.2) is 4.98 Å². The van der Waals surface area contributed by atoms with Gasteiger partial charge in [-0.05, 0) is 48.6 Å². The third-order valence-corrected chi connectivity index (χ3v) is 6.33. The average Bonchev–Trinajstić information content (AvgIpc) is 2.80. The molecule has 1 aliphatic heterocycles. The first-order valence-corrected chi connectivity index (χ1v) is 11.5. The lowest BCUT2D eigenvalue weighted by Gasteiger charge is -2.35. The van der Waals surface area contributed by atoms with Crippen molar-refractivity contribution in [2.75, 3.05) is 43.0 Å². The van der Waals surface area contributed by atoms with Gasteiger partial charge in [0.15, 0.2) is 0 Å². The number of carbonyl (C=O) groups excluding carboxylic acids is 1. The van der Waals surface area contributed by atoms with E-state index in [1.165, 1.54) is 18.4 Å². The molecule has 0 spiro atoms. The molecule has 4 rings (SSSR count). The zero-order valence-electron chi connectivity index (χ0n) is 18.5. The normalized spacial score (nSPS) is 22.3. The Bertz CT molecular complexity index is 819. The number of rotatable bonds is 7. The summed E-state index contributed by atoms with van der Waals surface area (Å²) >= 11 is 0. The SMILES string of the molecule is CC1CCCC(OCC(=O)Nc2ccc(CN3CCN(c4ccccn4)CC3)cc2)C1. The van der Waals surface area contributed by atoms with Gasteiger partial charge in [-0.3, -0.25) is 9.69 Å². The third kappa shape index (κ3) is 6.52. The summed E-state index contributed by atoms with van der Waals surface area (Å²) in [6.07, 6.45) is 6.70. The molecule has 31 heavy (non-hydrogen) atoms. The highest BCUT2D eigenvalue weighted by Gasteiger charge is 2.20. The van der Waals surface area contributed by atoms with E-state index in [-0.39, 0.29) is 18.6 Å². The predicted octanol–water partition coefficient (Wildman–Crippen LogP) is 3.94. The molecule has 1 N–H and O–H groups in total. The van der Waals surface area contributed by atoms with Crippen LogP contribution in [0.5, 0.6) is 0 Å². The Morgan fingerprint density at radius 2 is 1.90 bits per heavy atom. The molecule has 1 amide bonds. The maximum atomic E-state index is 12.2. The molecule has 1 saturated heterocycles. The number of hydrogen-bond donors (Lipinski definition) is 1. The molecule has 166 valence electrons. The summed E-state index contributed by atoms with van der Waals surface area (Å²) in [5.41, 5.74) is 2.09. The van der Waals surface area contributed by atoms with E-state index in [1.807, 2.05) is 30.5 Å². The Morgan fingerprint density at radius 3 is 2.61 bits per heavy atom. The zero-order valence-corrected chi connectivity index (χ0v) is 18.5. The van der Waals surface area contributed by atoms with E-state index in [4.69, 9.17) is 4.74 Å². The van der Waals surface area contributed by atoms with Gasteiger partial charge in [0.05, 0.1) is 6.10 Å². The minimum atomic E-state index is -0.0726. The van der Waals surface area contributed by atoms with Crippen LogP contribution in [0.15, 0.2) is 48.7 Å². The number of hydrogen-bond acceptors (Lipinski definition) is 5. The molecule has 2 fully saturated rings. The number of amides is 1. The largest absolute Gasteiger partial charge is 0.368 e. The van der Waals surface area contributed by atoms with Crippen molar-refractivity contribution in [3.8, 4) is 0 Å². The topological polar surface area (TPSA) is 57.7 Å². The third-order valence-electron chi connectivity index (χ3n) is 6.33. The molecule has 2 heterocycles. The zero-order chi connectivity index (χ0) is 21.5. The number of aromatic nitrogens is 1. The number of nitrogens with one attached hydrogen (secondary N) is 1. The van der Waals surface area contributed by atoms with Crippen molar-refractivity contribution >= 4 is 17.4 Å². The minimum absolute atomic E-state index is 0.0726. The van der Waals surface area contributed by atoms with E-state index in [0.717, 1.165) is 57.1 Å². The van der Waals surface area contributed by atoms with Crippen molar-refractivity contribution in [3.63, 3.8) is 0 Å². The lowest BCUT2D eigenvalue weighted by Crippen LogP contribution is -2.46. The van der Waals surface area contributed by atoms with E-state index >= 15 is 0 Å². The van der Waals surface area contributed by atoms with Crippen molar-refractivity contribution < 1.29 is 9.53 Å². The summed E-state index contributed by atoms with van der Waals surface area (Å²) in [4.78, 5) is 21.5. The molecule has 6 heteroatoms. The van der Waals surface area contributed by atoms with Crippen molar-refractivity contribution in [2.45, 2.75) is 45.3 Å². The molecule has 2 unspecified atom stereocenters. The summed E-state index contributed by atoms with van der Waals surface area (Å²) < 4.78 is 5.83. The van der Waals surface area contributed by atoms with Gasteiger partial charge in [-0.1, -0.05) is 38.0 Å². The van der Waals surface area contributed by atoms with Crippen LogP contribution in [-0.4, -0.2) is 54.7 Å². The standard InChI is InChI=1S/C25H34N4O2/c1-20-5-4-6-23(17-20)31-19-25(30)27-22-10-8-21(9-11-22)18-28-13-15-29(16-14-28)24-7-2-3-12-26-24/h2-3,7-12,20,23H,4-6,13-19H2,1H3,(H,27,30). The van der Waals surface area contributed by atoms with Crippen LogP contribution in [0.1, 0.15) is 38.2 Å². The van der Waals surface area contributed by atoms with Gasteiger partial charge >= 0.3 is 0 Å². The van der Waals surface area contributed by atoms with Gasteiger partial charge in [-0.15, -0.1) is 0 Å². The second-order valence-electron chi connectivity index (χ2n) is 8.90. The molecule has 2 aliphatic rings. The minimum Gasteiger partial charge on any atom is -0.368 e. The van der Waals surface area contributed by atoms with E-state index in [1.54, 1.807) is 0 Å². The molecular weight excluding hydrogens is 388 g/mol. The van der Waals surface area contributed by atoms with Gasteiger partial charge in [0.25, 0.3) is 0 Å². The molecule has 0 radical (unpaired) electrons. The first-order chi connectivity index (χ1) is 15.2. The van der Waals surface area contributed by atoms with Crippen LogP contribution in [0.3, 0.4) is 0 Å². The van der Waals surface area contributed by atoms with E-state index < -0.39 is 0 Å². The van der Waals surface area contributed by atoms with Crippen molar-refractivity contribution in [3.05, 3.63) is 54.2 Å². The summed E-state index contributed by atoms with van der Waals surface area (Å²) in [6, 6.07) is 14.2. The number of nitrogens with zero attached hydrogens (tertiary/aromatic N) is 3. The summed E-state index contributed by atoms with van der Waals surface area (Å²) in [7, 11) is 0. The number of piperazine rings is 1. The number of carbonyl (C=O) groups is 1. The summed E-state index contributed by atoms with van der Waals surface area (Å²) in [5, 5.41) is 2.96. The highest BCUT2D eigenvalue weighted by Crippen LogP contribution is 2.25. The number of ether oxygens (including phenoxy) is 1. The maximum Gasteiger partial charge on any atom is 0.250 e. The Kier molecular flexibility index (Phi) is 7.54. The molecule has 6 nitrogen and oxygen atoms in total. The molecular formula is C25H34N4O2. The van der Waals surface area contributed by atoms with Gasteiger partial charge in [0, 0.05) is 44.6 Å². The number of anilines is 2. The molecule has 2 aromatic rings. The van der Waals surface area contributed by atoms with Crippen molar-refractivity contribution in [1.82, 2.24) is 9.88 Å². The van der Waals surface area contributed by atoms with Crippen LogP contribution in [0.2, 0.25) is 0 Å². The quantitative estimate of drug-likeness (QED) is 0.733. The van der Waals surface area contributed by atoms with Crippen molar-refractivity contribution in [1.29, 1.82) is 0 Å². The van der Waals surface area contributed by atoms with E-state index in [0.29, 0.717) is 5.92 Å². The van der Waals surface area contributed by atoms with Gasteiger partial charge in [0.2, 0.25) is 5.91 Å². The number of benzene rings is 1. The maximum absolute atomic E-state index is 12.2. The number of pyridine rings is 1. The highest BCUT2D eigenvalue weighted by atomic mass is 16.5. The van der Waals surface area contributed by atoms with Crippen LogP contribution in [0.25, 0.3) is 0 Å². The molecule has 2 atom stereocenters. The first kappa shape index (κ1) is 21.8. The van der Waals surface area contributed by atoms with E-state index in [2.05, 4.69) is 45.2 Å². The molecule has 1 aromatic heterocycles. The Labute approximate surface area is 185 Å². The van der Waals surface area contributed by atoms with E-state index in [9.17, 15) is 4.79 Å². The monoisotopic (exact) mass is 422 g/mol. The fraction of sp³-hybridized carbons (Fsp3) is 0.520. The van der Waals surface area contributed by atoms with Crippen LogP contribution >= 0.6 is 0 Å². The highest BCUT2D eigenvalue weighted by molar-refractivity contribution is 5.91. The molecule has 1 aromatic carbocycles. The lowest BCUT2D eigenvalue weighted by atomic mass is 9.89. The van der Waals surface area contributed by atoms with Crippen LogP contribution in [0, 0.1) is 5.92 Å². The second-order valence-corrected chi connectivity index (χ2v) is 8.90. The predicted molar refractivity (Wildman–Crippen MR) is 124 cm³/mol. The van der Waals surface area contributed by atoms with Crippen molar-refractivity contribution in [2.24, 2.45) is 5.92 Å². The van der Waals surface area contributed by atoms with Gasteiger partial charge < -0.3 is 15.0 Å². The molecule has 0 bridgehead atoms. The van der Waals surface area contributed by atoms with Gasteiger partial charge in [-0.2, -0.15) is 0 Å². The first-order valence-electron chi connectivity index (χ1n) is 11.5. The molecule has 1 saturated carbocycles. The average molecular weight is 423 g/mol.